The summed E-state index contributed by atoms with van der Waals surface area (Å²) in [5, 5.41) is 1.33. The summed E-state index contributed by atoms with van der Waals surface area (Å²) in [5.74, 6) is 0.974. The number of carbonyl (C=O) groups excluding carboxylic acids is 1. The lowest BCUT2D eigenvalue weighted by atomic mass is 10.1. The van der Waals surface area contributed by atoms with Crippen molar-refractivity contribution in [1.82, 2.24) is 9.88 Å². The first kappa shape index (κ1) is 26.5. The largest absolute Gasteiger partial charge is 0.493 e. The van der Waals surface area contributed by atoms with Crippen molar-refractivity contribution < 1.29 is 19.0 Å². The van der Waals surface area contributed by atoms with Gasteiger partial charge in [0.25, 0.3) is 5.91 Å². The maximum absolute atomic E-state index is 13.7. The van der Waals surface area contributed by atoms with E-state index in [4.69, 9.17) is 30.8 Å². The van der Waals surface area contributed by atoms with Crippen molar-refractivity contribution in [3.8, 4) is 11.5 Å². The van der Waals surface area contributed by atoms with E-state index in [-0.39, 0.29) is 18.3 Å². The molecule has 1 aliphatic heterocycles. The second-order valence-electron chi connectivity index (χ2n) is 7.85. The van der Waals surface area contributed by atoms with Crippen LogP contribution in [0.5, 0.6) is 11.5 Å². The topological polar surface area (TPSA) is 64.1 Å². The van der Waals surface area contributed by atoms with E-state index in [0.29, 0.717) is 33.8 Å². The van der Waals surface area contributed by atoms with E-state index >= 15 is 0 Å². The Hall–Kier alpha value is -2.10. The van der Waals surface area contributed by atoms with Crippen LogP contribution >= 0.6 is 35.3 Å². The second-order valence-corrected chi connectivity index (χ2v) is 9.27. The van der Waals surface area contributed by atoms with Crippen molar-refractivity contribution in [1.29, 1.82) is 0 Å². The number of thiazole rings is 1. The van der Waals surface area contributed by atoms with Crippen molar-refractivity contribution in [3.63, 3.8) is 0 Å². The highest BCUT2D eigenvalue weighted by atomic mass is 35.5. The molecule has 0 saturated carbocycles. The second kappa shape index (κ2) is 12.0. The van der Waals surface area contributed by atoms with Gasteiger partial charge in [-0.3, -0.25) is 14.6 Å². The number of aryl methyl sites for hydroxylation is 1. The number of rotatable bonds is 8. The molecule has 1 saturated heterocycles. The van der Waals surface area contributed by atoms with Crippen LogP contribution < -0.4 is 14.4 Å². The van der Waals surface area contributed by atoms with E-state index in [2.05, 4.69) is 4.90 Å². The van der Waals surface area contributed by atoms with Crippen LogP contribution in [0.25, 0.3) is 10.2 Å². The van der Waals surface area contributed by atoms with Gasteiger partial charge in [-0.2, -0.15) is 0 Å². The van der Waals surface area contributed by atoms with E-state index in [1.165, 1.54) is 11.3 Å². The molecular weight excluding hydrogens is 497 g/mol. The van der Waals surface area contributed by atoms with Crippen molar-refractivity contribution in [3.05, 3.63) is 46.5 Å². The number of ether oxygens (including phenoxy) is 3. The Balaban J connectivity index is 0.00000324. The Labute approximate surface area is 215 Å². The zero-order valence-corrected chi connectivity index (χ0v) is 21.9. The normalized spacial score (nSPS) is 14.0. The Kier molecular flexibility index (Phi) is 9.39. The fourth-order valence-corrected chi connectivity index (χ4v) is 5.09. The molecule has 2 aromatic carbocycles. The average molecular weight is 526 g/mol. The van der Waals surface area contributed by atoms with Crippen molar-refractivity contribution in [2.45, 2.75) is 13.3 Å². The van der Waals surface area contributed by atoms with Crippen LogP contribution in [-0.4, -0.2) is 69.4 Å². The Morgan fingerprint density at radius 2 is 1.91 bits per heavy atom. The molecule has 0 N–H and O–H groups in total. The molecule has 34 heavy (non-hydrogen) atoms. The summed E-state index contributed by atoms with van der Waals surface area (Å²) in [6.45, 7) is 6.75. The molecule has 1 aliphatic rings. The number of aromatic nitrogens is 1. The third-order valence-corrected chi connectivity index (χ3v) is 7.26. The highest BCUT2D eigenvalue weighted by Crippen LogP contribution is 2.35. The molecule has 0 bridgehead atoms. The van der Waals surface area contributed by atoms with E-state index in [1.807, 2.05) is 19.1 Å². The van der Waals surface area contributed by atoms with Crippen LogP contribution in [0, 0.1) is 6.92 Å². The number of halogens is 2. The average Bonchev–Trinajstić information content (AvgIpc) is 3.28. The molecule has 0 unspecified atom stereocenters. The van der Waals surface area contributed by atoms with Gasteiger partial charge in [0.1, 0.15) is 0 Å². The molecule has 1 aromatic heterocycles. The number of fused-ring (bicyclic) bond motifs is 1. The maximum Gasteiger partial charge on any atom is 0.260 e. The molecule has 0 spiro atoms. The number of carbonyl (C=O) groups is 1. The van der Waals surface area contributed by atoms with Crippen LogP contribution in [0.4, 0.5) is 5.13 Å². The van der Waals surface area contributed by atoms with Gasteiger partial charge in [0.2, 0.25) is 0 Å². The van der Waals surface area contributed by atoms with Crippen LogP contribution in [0.1, 0.15) is 22.3 Å². The van der Waals surface area contributed by atoms with E-state index in [0.717, 1.165) is 55.0 Å². The zero-order chi connectivity index (χ0) is 23.4. The third-order valence-electron chi connectivity index (χ3n) is 5.80. The lowest BCUT2D eigenvalue weighted by molar-refractivity contribution is 0.0376. The number of amides is 1. The smallest absolute Gasteiger partial charge is 0.260 e. The molecule has 184 valence electrons. The van der Waals surface area contributed by atoms with Crippen LogP contribution in [0.3, 0.4) is 0 Å². The van der Waals surface area contributed by atoms with E-state index < -0.39 is 0 Å². The first-order valence-electron chi connectivity index (χ1n) is 10.9. The molecule has 2 heterocycles. The first-order valence-corrected chi connectivity index (χ1v) is 12.1. The van der Waals surface area contributed by atoms with Crippen LogP contribution in [-0.2, 0) is 4.74 Å². The molecule has 1 amide bonds. The van der Waals surface area contributed by atoms with Crippen LogP contribution in [0.15, 0.2) is 30.3 Å². The molecule has 7 nitrogen and oxygen atoms in total. The predicted molar refractivity (Wildman–Crippen MR) is 140 cm³/mol. The van der Waals surface area contributed by atoms with Gasteiger partial charge in [0.05, 0.1) is 37.6 Å². The molecule has 10 heteroatoms. The summed E-state index contributed by atoms with van der Waals surface area (Å²) in [6, 6.07) is 9.05. The number of benzene rings is 2. The molecule has 3 aromatic rings. The van der Waals surface area contributed by atoms with Crippen molar-refractivity contribution in [2.75, 3.05) is 58.5 Å². The van der Waals surface area contributed by atoms with Gasteiger partial charge in [-0.1, -0.05) is 22.9 Å². The summed E-state index contributed by atoms with van der Waals surface area (Å²) in [4.78, 5) is 22.6. The Morgan fingerprint density at radius 3 is 2.62 bits per heavy atom. The van der Waals surface area contributed by atoms with Crippen molar-refractivity contribution in [2.24, 2.45) is 0 Å². The Morgan fingerprint density at radius 1 is 1.18 bits per heavy atom. The lowest BCUT2D eigenvalue weighted by Gasteiger charge is -2.27. The maximum atomic E-state index is 13.7. The number of hydrogen-bond acceptors (Lipinski definition) is 7. The number of methoxy groups -OCH3 is 2. The predicted octanol–water partition coefficient (Wildman–Crippen LogP) is 5.07. The minimum Gasteiger partial charge on any atom is -0.493 e. The zero-order valence-electron chi connectivity index (χ0n) is 19.5. The van der Waals surface area contributed by atoms with Gasteiger partial charge in [0.15, 0.2) is 16.6 Å². The third kappa shape index (κ3) is 5.75. The molecule has 0 radical (unpaired) electrons. The number of morpholine rings is 1. The fourth-order valence-electron chi connectivity index (χ4n) is 3.89. The molecular formula is C24H29Cl2N3O4S. The summed E-state index contributed by atoms with van der Waals surface area (Å²) in [7, 11) is 3.14. The number of anilines is 1. The number of nitrogens with zero attached hydrogens (tertiary/aromatic N) is 3. The van der Waals surface area contributed by atoms with Gasteiger partial charge in [-0.25, -0.2) is 4.98 Å². The molecule has 0 aliphatic carbocycles. The monoisotopic (exact) mass is 525 g/mol. The van der Waals surface area contributed by atoms with Gasteiger partial charge < -0.3 is 14.2 Å². The quantitative estimate of drug-likeness (QED) is 0.409. The molecule has 4 rings (SSSR count). The summed E-state index contributed by atoms with van der Waals surface area (Å²) < 4.78 is 17.2. The summed E-state index contributed by atoms with van der Waals surface area (Å²) in [5.41, 5.74) is 2.28. The lowest BCUT2D eigenvalue weighted by Crippen LogP contribution is -2.39. The van der Waals surface area contributed by atoms with Crippen molar-refractivity contribution >= 4 is 56.6 Å². The molecule has 0 atom stereocenters. The highest BCUT2D eigenvalue weighted by molar-refractivity contribution is 7.22. The highest BCUT2D eigenvalue weighted by Gasteiger charge is 2.23. The van der Waals surface area contributed by atoms with E-state index in [9.17, 15) is 4.79 Å². The van der Waals surface area contributed by atoms with E-state index in [1.54, 1.807) is 37.3 Å². The summed E-state index contributed by atoms with van der Waals surface area (Å²) in [6.07, 6.45) is 0.828. The fraction of sp³-hybridized carbons (Fsp3) is 0.417. The van der Waals surface area contributed by atoms with Crippen LogP contribution in [0.2, 0.25) is 5.02 Å². The minimum absolute atomic E-state index is 0. The Bertz CT molecular complexity index is 1130. The van der Waals surface area contributed by atoms with Gasteiger partial charge in [-0.15, -0.1) is 12.4 Å². The first-order chi connectivity index (χ1) is 16.0. The summed E-state index contributed by atoms with van der Waals surface area (Å²) >= 11 is 7.81. The molecule has 1 fully saturated rings. The minimum atomic E-state index is -0.124. The SMILES string of the molecule is COc1ccc(C(=O)N(CCCN2CCOCC2)c2nc3c(C)c(Cl)ccc3s2)cc1OC.Cl. The van der Waals surface area contributed by atoms with Gasteiger partial charge >= 0.3 is 0 Å². The van der Waals surface area contributed by atoms with Gasteiger partial charge in [0, 0.05) is 36.8 Å². The van der Waals surface area contributed by atoms with Gasteiger partial charge in [-0.05, 0) is 49.2 Å². The number of hydrogen-bond donors (Lipinski definition) is 0. The standard InChI is InChI=1S/C24H28ClN3O4S.ClH/c1-16-18(25)6-8-21-22(16)26-24(33-21)28(10-4-9-27-11-13-32-14-12-27)23(29)17-5-7-19(30-2)20(15-17)31-3;/h5-8,15H,4,9-14H2,1-3H3;1H.